The zero-order valence-corrected chi connectivity index (χ0v) is 10.8. The van der Waals surface area contributed by atoms with Crippen molar-refractivity contribution in [1.29, 1.82) is 0 Å². The number of rotatable bonds is 3. The van der Waals surface area contributed by atoms with Crippen LogP contribution >= 0.6 is 0 Å². The van der Waals surface area contributed by atoms with Crippen LogP contribution in [0.1, 0.15) is 32.6 Å². The second-order valence-electron chi connectivity index (χ2n) is 6.01. The topological polar surface area (TPSA) is 70.6 Å². The third kappa shape index (κ3) is 1.64. The molecule has 4 atom stereocenters. The molecule has 0 aromatic carbocycles. The van der Waals surface area contributed by atoms with Gasteiger partial charge in [-0.25, -0.2) is 4.79 Å². The van der Waals surface area contributed by atoms with Gasteiger partial charge in [0.05, 0.1) is 18.8 Å². The zero-order chi connectivity index (χ0) is 12.8. The summed E-state index contributed by atoms with van der Waals surface area (Å²) in [5, 5.41) is 14.8. The lowest BCUT2D eigenvalue weighted by Crippen LogP contribution is -2.72. The van der Waals surface area contributed by atoms with Gasteiger partial charge in [-0.1, -0.05) is 6.42 Å². The van der Waals surface area contributed by atoms with E-state index in [4.69, 9.17) is 9.84 Å². The summed E-state index contributed by atoms with van der Waals surface area (Å²) in [6.07, 6.45) is 5.04. The SMILES string of the molecule is C[C@@H](CO)NC(=O)NC1C2CCOC2C12CCC2. The summed E-state index contributed by atoms with van der Waals surface area (Å²) in [6, 6.07) is -0.0825. The van der Waals surface area contributed by atoms with Crippen LogP contribution in [0, 0.1) is 11.3 Å². The van der Waals surface area contributed by atoms with Crippen LogP contribution in [0.4, 0.5) is 4.79 Å². The van der Waals surface area contributed by atoms with Crippen LogP contribution in [0.3, 0.4) is 0 Å². The van der Waals surface area contributed by atoms with Gasteiger partial charge in [0, 0.05) is 24.0 Å². The molecule has 1 spiro atoms. The molecular formula is C13H22N2O3. The molecule has 3 rings (SSSR count). The minimum Gasteiger partial charge on any atom is -0.394 e. The minimum atomic E-state index is -0.196. The van der Waals surface area contributed by atoms with E-state index in [1.807, 2.05) is 0 Å². The van der Waals surface area contributed by atoms with Crippen molar-refractivity contribution in [3.63, 3.8) is 0 Å². The number of carbonyl (C=O) groups excluding carboxylic acids is 1. The Bertz CT molecular complexity index is 343. The third-order valence-electron chi connectivity index (χ3n) is 4.97. The molecule has 3 aliphatic rings. The number of hydrogen-bond acceptors (Lipinski definition) is 3. The highest BCUT2D eigenvalue weighted by molar-refractivity contribution is 5.75. The number of fused-ring (bicyclic) bond motifs is 2. The van der Waals surface area contributed by atoms with Crippen molar-refractivity contribution in [1.82, 2.24) is 10.6 Å². The molecule has 5 heteroatoms. The molecule has 0 radical (unpaired) electrons. The summed E-state index contributed by atoms with van der Waals surface area (Å²) < 4.78 is 5.81. The average molecular weight is 254 g/mol. The van der Waals surface area contributed by atoms with E-state index < -0.39 is 0 Å². The summed E-state index contributed by atoms with van der Waals surface area (Å²) in [4.78, 5) is 11.9. The number of aliphatic hydroxyl groups is 1. The molecule has 3 fully saturated rings. The summed E-state index contributed by atoms with van der Waals surface area (Å²) in [5.74, 6) is 0.500. The Morgan fingerprint density at radius 3 is 2.94 bits per heavy atom. The van der Waals surface area contributed by atoms with Crippen LogP contribution < -0.4 is 10.6 Å². The first-order valence-corrected chi connectivity index (χ1v) is 6.97. The van der Waals surface area contributed by atoms with Gasteiger partial charge in [0.1, 0.15) is 0 Å². The van der Waals surface area contributed by atoms with Gasteiger partial charge in [-0.05, 0) is 26.2 Å². The van der Waals surface area contributed by atoms with E-state index in [9.17, 15) is 4.79 Å². The van der Waals surface area contributed by atoms with Crippen molar-refractivity contribution in [3.8, 4) is 0 Å². The second kappa shape index (κ2) is 4.38. The maximum atomic E-state index is 11.9. The number of amides is 2. The largest absolute Gasteiger partial charge is 0.394 e. The third-order valence-corrected chi connectivity index (χ3v) is 4.97. The summed E-state index contributed by atoms with van der Waals surface area (Å²) in [7, 11) is 0. The standard InChI is InChI=1S/C13H22N2O3/c1-8(7-16)14-12(17)15-10-9-3-6-18-11(9)13(10)4-2-5-13/h8-11,16H,2-7H2,1H3,(H2,14,15,17)/t8-,9?,10?,11?/m0/s1. The molecule has 2 amide bonds. The lowest BCUT2D eigenvalue weighted by atomic mass is 9.46. The molecule has 2 aliphatic carbocycles. The van der Waals surface area contributed by atoms with Crippen molar-refractivity contribution >= 4 is 6.03 Å². The number of nitrogens with one attached hydrogen (secondary N) is 2. The van der Waals surface area contributed by atoms with Gasteiger partial charge in [-0.3, -0.25) is 0 Å². The second-order valence-corrected chi connectivity index (χ2v) is 6.01. The fourth-order valence-electron chi connectivity index (χ4n) is 3.91. The van der Waals surface area contributed by atoms with Crippen LogP contribution in [-0.2, 0) is 4.74 Å². The predicted molar refractivity (Wildman–Crippen MR) is 66.1 cm³/mol. The van der Waals surface area contributed by atoms with E-state index in [1.165, 1.54) is 19.3 Å². The smallest absolute Gasteiger partial charge is 0.315 e. The highest BCUT2D eigenvalue weighted by Gasteiger charge is 2.66. The van der Waals surface area contributed by atoms with E-state index in [1.54, 1.807) is 6.92 Å². The van der Waals surface area contributed by atoms with Crippen molar-refractivity contribution < 1.29 is 14.6 Å². The summed E-state index contributed by atoms with van der Waals surface area (Å²) in [6.45, 7) is 2.60. The molecule has 0 aromatic heterocycles. The molecule has 1 aliphatic heterocycles. The van der Waals surface area contributed by atoms with Crippen molar-refractivity contribution in [2.45, 2.75) is 50.8 Å². The monoisotopic (exact) mass is 254 g/mol. The summed E-state index contributed by atoms with van der Waals surface area (Å²) in [5.41, 5.74) is 0.223. The average Bonchev–Trinajstić information content (AvgIpc) is 2.69. The van der Waals surface area contributed by atoms with Crippen LogP contribution in [0.5, 0.6) is 0 Å². The maximum absolute atomic E-state index is 11.9. The first-order valence-electron chi connectivity index (χ1n) is 6.97. The van der Waals surface area contributed by atoms with Gasteiger partial charge in [0.2, 0.25) is 0 Å². The van der Waals surface area contributed by atoms with E-state index >= 15 is 0 Å². The van der Waals surface area contributed by atoms with Gasteiger partial charge < -0.3 is 20.5 Å². The van der Waals surface area contributed by atoms with Crippen molar-refractivity contribution in [2.24, 2.45) is 11.3 Å². The van der Waals surface area contributed by atoms with E-state index in [-0.39, 0.29) is 30.1 Å². The molecule has 0 aromatic rings. The molecule has 2 saturated carbocycles. The normalized spacial score (nSPS) is 37.3. The van der Waals surface area contributed by atoms with Gasteiger partial charge in [0.25, 0.3) is 0 Å². The fourth-order valence-corrected chi connectivity index (χ4v) is 3.91. The number of hydrogen-bond donors (Lipinski definition) is 3. The Morgan fingerprint density at radius 1 is 1.56 bits per heavy atom. The molecule has 18 heavy (non-hydrogen) atoms. The molecule has 3 unspecified atom stereocenters. The van der Waals surface area contributed by atoms with Gasteiger partial charge in [-0.15, -0.1) is 0 Å². The van der Waals surface area contributed by atoms with Crippen LogP contribution in [0.15, 0.2) is 0 Å². The van der Waals surface area contributed by atoms with Crippen LogP contribution in [0.2, 0.25) is 0 Å². The number of aliphatic hydroxyl groups excluding tert-OH is 1. The summed E-state index contributed by atoms with van der Waals surface area (Å²) >= 11 is 0. The van der Waals surface area contributed by atoms with Gasteiger partial charge >= 0.3 is 6.03 Å². The number of ether oxygens (including phenoxy) is 1. The molecule has 102 valence electrons. The molecule has 1 heterocycles. The highest BCUT2D eigenvalue weighted by atomic mass is 16.5. The number of carbonyl (C=O) groups is 1. The Balaban J connectivity index is 1.60. The molecule has 1 saturated heterocycles. The molecule has 0 bridgehead atoms. The Kier molecular flexibility index (Phi) is 2.98. The van der Waals surface area contributed by atoms with E-state index in [0.717, 1.165) is 13.0 Å². The first kappa shape index (κ1) is 12.2. The van der Waals surface area contributed by atoms with Gasteiger partial charge in [-0.2, -0.15) is 0 Å². The quantitative estimate of drug-likeness (QED) is 0.691. The zero-order valence-electron chi connectivity index (χ0n) is 10.8. The Labute approximate surface area is 107 Å². The predicted octanol–water partition coefficient (Wildman–Crippen LogP) is 0.624. The Morgan fingerprint density at radius 2 is 2.33 bits per heavy atom. The van der Waals surface area contributed by atoms with Crippen molar-refractivity contribution in [2.75, 3.05) is 13.2 Å². The maximum Gasteiger partial charge on any atom is 0.315 e. The highest BCUT2D eigenvalue weighted by Crippen LogP contribution is 2.62. The lowest BCUT2D eigenvalue weighted by molar-refractivity contribution is -0.172. The fraction of sp³-hybridized carbons (Fsp3) is 0.923. The first-order chi connectivity index (χ1) is 8.67. The van der Waals surface area contributed by atoms with Crippen LogP contribution in [-0.4, -0.2) is 42.5 Å². The number of urea groups is 1. The minimum absolute atomic E-state index is 0.0294. The lowest BCUT2D eigenvalue weighted by Gasteiger charge is -2.63. The molecule has 3 N–H and O–H groups in total. The van der Waals surface area contributed by atoms with Gasteiger partial charge in [0.15, 0.2) is 0 Å². The molecule has 5 nitrogen and oxygen atoms in total. The van der Waals surface area contributed by atoms with E-state index in [2.05, 4.69) is 10.6 Å². The molecular weight excluding hydrogens is 232 g/mol. The van der Waals surface area contributed by atoms with Crippen LogP contribution in [0.25, 0.3) is 0 Å². The Hall–Kier alpha value is -0.810. The van der Waals surface area contributed by atoms with Crippen molar-refractivity contribution in [3.05, 3.63) is 0 Å². The van der Waals surface area contributed by atoms with E-state index in [0.29, 0.717) is 12.0 Å².